The lowest BCUT2D eigenvalue weighted by Gasteiger charge is -2.26. The number of hydrogen-bond acceptors (Lipinski definition) is 4. The van der Waals surface area contributed by atoms with Gasteiger partial charge in [0.25, 0.3) is 0 Å². The van der Waals surface area contributed by atoms with Gasteiger partial charge in [0.1, 0.15) is 5.52 Å². The zero-order valence-corrected chi connectivity index (χ0v) is 13.2. The molecular formula is C16H21N3O3. The highest BCUT2D eigenvalue weighted by atomic mass is 16.5. The van der Waals surface area contributed by atoms with Crippen LogP contribution in [0.2, 0.25) is 0 Å². The quantitative estimate of drug-likeness (QED) is 0.879. The van der Waals surface area contributed by atoms with Gasteiger partial charge in [-0.2, -0.15) is 0 Å². The van der Waals surface area contributed by atoms with E-state index in [1.165, 1.54) is 0 Å². The number of carbonyl (C=O) groups is 1. The Labute approximate surface area is 129 Å². The average molecular weight is 303 g/mol. The van der Waals surface area contributed by atoms with Crippen molar-refractivity contribution in [3.8, 4) is 0 Å². The number of urea groups is 1. The standard InChI is InChI=1S/C16H21N3O3/c1-16(2,3)14-18-12-10-11(4-5-13(12)22-14)17-15(20)19-6-8-21-9-7-19/h4-5,10H,6-9H2,1-3H3,(H,17,20). The van der Waals surface area contributed by atoms with E-state index in [1.54, 1.807) is 4.90 Å². The highest BCUT2D eigenvalue weighted by Crippen LogP contribution is 2.27. The first kappa shape index (κ1) is 14.8. The molecule has 2 amide bonds. The smallest absolute Gasteiger partial charge is 0.322 e. The van der Waals surface area contributed by atoms with Crippen molar-refractivity contribution in [1.29, 1.82) is 0 Å². The van der Waals surface area contributed by atoms with Gasteiger partial charge in [0.05, 0.1) is 13.2 Å². The first-order valence-electron chi connectivity index (χ1n) is 7.48. The summed E-state index contributed by atoms with van der Waals surface area (Å²) in [6, 6.07) is 5.40. The van der Waals surface area contributed by atoms with E-state index in [4.69, 9.17) is 9.15 Å². The SMILES string of the molecule is CC(C)(C)c1nc2cc(NC(=O)N3CCOCC3)ccc2o1. The highest BCUT2D eigenvalue weighted by molar-refractivity contribution is 5.91. The molecule has 1 aromatic carbocycles. The summed E-state index contributed by atoms with van der Waals surface area (Å²) in [5.74, 6) is 0.694. The maximum atomic E-state index is 12.2. The second-order valence-electron chi connectivity index (χ2n) is 6.48. The molecule has 22 heavy (non-hydrogen) atoms. The van der Waals surface area contributed by atoms with Crippen molar-refractivity contribution in [2.45, 2.75) is 26.2 Å². The van der Waals surface area contributed by atoms with Crippen LogP contribution in [0.15, 0.2) is 22.6 Å². The number of anilines is 1. The minimum atomic E-state index is -0.143. The maximum Gasteiger partial charge on any atom is 0.322 e. The molecule has 118 valence electrons. The van der Waals surface area contributed by atoms with Gasteiger partial charge in [0.2, 0.25) is 5.89 Å². The molecule has 0 saturated carbocycles. The molecular weight excluding hydrogens is 282 g/mol. The maximum absolute atomic E-state index is 12.2. The zero-order valence-electron chi connectivity index (χ0n) is 13.2. The van der Waals surface area contributed by atoms with Crippen molar-refractivity contribution in [3.63, 3.8) is 0 Å². The van der Waals surface area contributed by atoms with Crippen LogP contribution in [0.1, 0.15) is 26.7 Å². The van der Waals surface area contributed by atoms with Crippen molar-refractivity contribution < 1.29 is 13.9 Å². The van der Waals surface area contributed by atoms with E-state index in [2.05, 4.69) is 31.1 Å². The van der Waals surface area contributed by atoms with Gasteiger partial charge < -0.3 is 19.4 Å². The Morgan fingerprint density at radius 2 is 2.00 bits per heavy atom. The third-order valence-electron chi connectivity index (χ3n) is 3.58. The van der Waals surface area contributed by atoms with E-state index in [-0.39, 0.29) is 11.4 Å². The molecule has 1 aromatic heterocycles. The van der Waals surface area contributed by atoms with E-state index in [0.717, 1.165) is 16.8 Å². The molecule has 0 atom stereocenters. The van der Waals surface area contributed by atoms with Crippen LogP contribution in [0, 0.1) is 0 Å². The Morgan fingerprint density at radius 3 is 2.68 bits per heavy atom. The summed E-state index contributed by atoms with van der Waals surface area (Å²) in [6.45, 7) is 8.57. The Balaban J connectivity index is 1.78. The predicted octanol–water partition coefficient (Wildman–Crippen LogP) is 2.99. The van der Waals surface area contributed by atoms with Crippen LogP contribution in [0.25, 0.3) is 11.1 Å². The number of nitrogens with one attached hydrogen (secondary N) is 1. The molecule has 1 N–H and O–H groups in total. The van der Waals surface area contributed by atoms with Gasteiger partial charge in [-0.25, -0.2) is 9.78 Å². The lowest BCUT2D eigenvalue weighted by Crippen LogP contribution is -2.43. The number of hydrogen-bond donors (Lipinski definition) is 1. The molecule has 0 bridgehead atoms. The summed E-state index contributed by atoms with van der Waals surface area (Å²) >= 11 is 0. The lowest BCUT2D eigenvalue weighted by atomic mass is 9.97. The van der Waals surface area contributed by atoms with Gasteiger partial charge in [-0.15, -0.1) is 0 Å². The third-order valence-corrected chi connectivity index (χ3v) is 3.58. The van der Waals surface area contributed by atoms with Crippen LogP contribution in [-0.4, -0.2) is 42.2 Å². The number of morpholine rings is 1. The first-order valence-corrected chi connectivity index (χ1v) is 7.48. The van der Waals surface area contributed by atoms with Crippen molar-refractivity contribution >= 4 is 22.8 Å². The molecule has 1 aliphatic rings. The summed E-state index contributed by atoms with van der Waals surface area (Å²) < 4.78 is 11.0. The molecule has 6 heteroatoms. The molecule has 0 radical (unpaired) electrons. The summed E-state index contributed by atoms with van der Waals surface area (Å²) in [7, 11) is 0. The molecule has 2 aromatic rings. The molecule has 0 unspecified atom stereocenters. The highest BCUT2D eigenvalue weighted by Gasteiger charge is 2.21. The van der Waals surface area contributed by atoms with Crippen LogP contribution in [-0.2, 0) is 10.2 Å². The number of carbonyl (C=O) groups excluding carboxylic acids is 1. The second kappa shape index (κ2) is 5.61. The molecule has 0 spiro atoms. The number of amides is 2. The van der Waals surface area contributed by atoms with Gasteiger partial charge in [-0.1, -0.05) is 20.8 Å². The van der Waals surface area contributed by atoms with Gasteiger partial charge >= 0.3 is 6.03 Å². The molecule has 1 aliphatic heterocycles. The van der Waals surface area contributed by atoms with Crippen LogP contribution < -0.4 is 5.32 Å². The fourth-order valence-corrected chi connectivity index (χ4v) is 2.29. The predicted molar refractivity (Wildman–Crippen MR) is 84.1 cm³/mol. The molecule has 1 saturated heterocycles. The van der Waals surface area contributed by atoms with E-state index in [9.17, 15) is 4.79 Å². The summed E-state index contributed by atoms with van der Waals surface area (Å²) in [5, 5.41) is 2.90. The Morgan fingerprint density at radius 1 is 1.27 bits per heavy atom. The molecule has 0 aliphatic carbocycles. The number of rotatable bonds is 1. The van der Waals surface area contributed by atoms with Crippen molar-refractivity contribution in [1.82, 2.24) is 9.88 Å². The normalized spacial score (nSPS) is 16.0. The Bertz CT molecular complexity index is 681. The third kappa shape index (κ3) is 3.06. The molecule has 3 rings (SSSR count). The van der Waals surface area contributed by atoms with Gasteiger partial charge in [0.15, 0.2) is 5.58 Å². The van der Waals surface area contributed by atoms with E-state index in [0.29, 0.717) is 32.2 Å². The zero-order chi connectivity index (χ0) is 15.7. The number of benzene rings is 1. The van der Waals surface area contributed by atoms with Gasteiger partial charge in [-0.3, -0.25) is 0 Å². The lowest BCUT2D eigenvalue weighted by molar-refractivity contribution is 0.0564. The van der Waals surface area contributed by atoms with Crippen molar-refractivity contribution in [3.05, 3.63) is 24.1 Å². The summed E-state index contributed by atoms with van der Waals surface area (Å²) in [6.07, 6.45) is 0. The van der Waals surface area contributed by atoms with E-state index >= 15 is 0 Å². The number of aromatic nitrogens is 1. The largest absolute Gasteiger partial charge is 0.440 e. The second-order valence-corrected chi connectivity index (χ2v) is 6.48. The van der Waals surface area contributed by atoms with Crippen molar-refractivity contribution in [2.24, 2.45) is 0 Å². The molecule has 2 heterocycles. The fraction of sp³-hybridized carbons (Fsp3) is 0.500. The number of fused-ring (bicyclic) bond motifs is 1. The first-order chi connectivity index (χ1) is 10.4. The number of ether oxygens (including phenoxy) is 1. The van der Waals surface area contributed by atoms with Crippen LogP contribution in [0.4, 0.5) is 10.5 Å². The summed E-state index contributed by atoms with van der Waals surface area (Å²) in [4.78, 5) is 18.4. The minimum absolute atomic E-state index is 0.109. The molecule has 1 fully saturated rings. The van der Waals surface area contributed by atoms with Crippen molar-refractivity contribution in [2.75, 3.05) is 31.6 Å². The minimum Gasteiger partial charge on any atom is -0.440 e. The summed E-state index contributed by atoms with van der Waals surface area (Å²) in [5.41, 5.74) is 2.06. The Kier molecular flexibility index (Phi) is 3.78. The topological polar surface area (TPSA) is 67.6 Å². The Hall–Kier alpha value is -2.08. The van der Waals surface area contributed by atoms with E-state index < -0.39 is 0 Å². The van der Waals surface area contributed by atoms with Crippen LogP contribution in [0.5, 0.6) is 0 Å². The average Bonchev–Trinajstić information content (AvgIpc) is 2.91. The fourth-order valence-electron chi connectivity index (χ4n) is 2.29. The molecule has 6 nitrogen and oxygen atoms in total. The van der Waals surface area contributed by atoms with E-state index in [1.807, 2.05) is 18.2 Å². The number of oxazole rings is 1. The van der Waals surface area contributed by atoms with Gasteiger partial charge in [0, 0.05) is 24.2 Å². The van der Waals surface area contributed by atoms with Gasteiger partial charge in [-0.05, 0) is 18.2 Å². The number of nitrogens with zero attached hydrogens (tertiary/aromatic N) is 2. The monoisotopic (exact) mass is 303 g/mol. The van der Waals surface area contributed by atoms with Crippen LogP contribution in [0.3, 0.4) is 0 Å². The van der Waals surface area contributed by atoms with Crippen LogP contribution >= 0.6 is 0 Å².